The molecule has 1 rings (SSSR count). The molecule has 1 amide bonds. The fourth-order valence-corrected chi connectivity index (χ4v) is 1.72. The summed E-state index contributed by atoms with van der Waals surface area (Å²) in [5.41, 5.74) is -3.64. The lowest BCUT2D eigenvalue weighted by atomic mass is 9.74. The van der Waals surface area contributed by atoms with Crippen LogP contribution in [-0.4, -0.2) is 35.2 Å². The molecule has 0 atom stereocenters. The fourth-order valence-electron chi connectivity index (χ4n) is 1.72. The molecule has 0 fully saturated rings. The number of carbonyl (C=O) groups excluding carboxylic acids is 1. The summed E-state index contributed by atoms with van der Waals surface area (Å²) in [6.45, 7) is 4.55. The van der Waals surface area contributed by atoms with Crippen molar-refractivity contribution in [3.8, 4) is 0 Å². The summed E-state index contributed by atoms with van der Waals surface area (Å²) in [6, 6.07) is 1.20. The number of rotatable bonds is 5. The number of nitrogens with one attached hydrogen (secondary N) is 1. The minimum Gasteiger partial charge on any atom is -0.423 e. The second-order valence-electron chi connectivity index (χ2n) is 5.06. The van der Waals surface area contributed by atoms with E-state index in [0.29, 0.717) is 12.1 Å². The molecule has 4 nitrogen and oxygen atoms in total. The second kappa shape index (κ2) is 6.67. The topological polar surface area (TPSA) is 69.6 Å². The lowest BCUT2D eigenvalue weighted by Crippen LogP contribution is -2.53. The number of halogens is 7. The van der Waals surface area contributed by atoms with Gasteiger partial charge < -0.3 is 15.4 Å². The van der Waals surface area contributed by atoms with Crippen LogP contribution in [0.1, 0.15) is 12.5 Å². The molecule has 1 aromatic carbocycles. The molecule has 0 heterocycles. The van der Waals surface area contributed by atoms with E-state index in [1.807, 2.05) is 0 Å². The molecule has 12 heteroatoms. The van der Waals surface area contributed by atoms with Crippen LogP contribution in [-0.2, 0) is 10.7 Å². The van der Waals surface area contributed by atoms with Crippen LogP contribution in [0.25, 0.3) is 0 Å². The summed E-state index contributed by atoms with van der Waals surface area (Å²) < 4.78 is 90.6. The van der Waals surface area contributed by atoms with Crippen molar-refractivity contribution in [3.05, 3.63) is 35.9 Å². The normalized spacial score (nSPS) is 12.7. The van der Waals surface area contributed by atoms with Crippen LogP contribution in [0.15, 0.2) is 30.4 Å². The predicted octanol–water partition coefficient (Wildman–Crippen LogP) is 2.17. The highest BCUT2D eigenvalue weighted by Gasteiger charge is 2.74. The Labute approximate surface area is 137 Å². The van der Waals surface area contributed by atoms with E-state index in [-0.39, 0.29) is 17.3 Å². The molecular formula is C13H11BF7NO3. The number of benzene rings is 1. The molecule has 0 aliphatic heterocycles. The molecule has 0 unspecified atom stereocenters. The average molecular weight is 373 g/mol. The Balaban J connectivity index is 3.46. The molecule has 0 saturated carbocycles. The van der Waals surface area contributed by atoms with Crippen molar-refractivity contribution in [2.45, 2.75) is 24.9 Å². The maximum absolute atomic E-state index is 13.8. The van der Waals surface area contributed by atoms with Crippen LogP contribution in [0.3, 0.4) is 0 Å². The van der Waals surface area contributed by atoms with Gasteiger partial charge in [-0.2, -0.15) is 30.7 Å². The maximum Gasteiger partial charge on any atom is 0.489 e. The number of alkyl halides is 7. The summed E-state index contributed by atoms with van der Waals surface area (Å²) in [5.74, 6) is -13.1. The van der Waals surface area contributed by atoms with Crippen LogP contribution in [0.4, 0.5) is 36.4 Å². The number of anilines is 1. The van der Waals surface area contributed by atoms with Crippen molar-refractivity contribution in [3.63, 3.8) is 0 Å². The van der Waals surface area contributed by atoms with E-state index in [0.717, 1.165) is 0 Å². The highest BCUT2D eigenvalue weighted by molar-refractivity contribution is 6.59. The number of amides is 1. The van der Waals surface area contributed by atoms with Crippen molar-refractivity contribution in [1.29, 1.82) is 0 Å². The van der Waals surface area contributed by atoms with Gasteiger partial charge in [0, 0.05) is 16.8 Å². The summed E-state index contributed by atoms with van der Waals surface area (Å²) in [7, 11) is -2.80. The van der Waals surface area contributed by atoms with E-state index in [4.69, 9.17) is 10.0 Å². The quantitative estimate of drug-likeness (QED) is 0.421. The first-order valence-corrected chi connectivity index (χ1v) is 6.42. The molecule has 138 valence electrons. The zero-order chi connectivity index (χ0) is 19.8. The molecule has 1 aromatic rings. The van der Waals surface area contributed by atoms with E-state index >= 15 is 0 Å². The molecular weight excluding hydrogens is 362 g/mol. The summed E-state index contributed by atoms with van der Waals surface area (Å²) >= 11 is 0. The Bertz CT molecular complexity index is 689. The predicted molar refractivity (Wildman–Crippen MR) is 74.6 cm³/mol. The van der Waals surface area contributed by atoms with Crippen molar-refractivity contribution in [2.24, 2.45) is 0 Å². The van der Waals surface area contributed by atoms with Gasteiger partial charge in [0.15, 0.2) is 0 Å². The van der Waals surface area contributed by atoms with Gasteiger partial charge in [-0.1, -0.05) is 12.6 Å². The van der Waals surface area contributed by atoms with Gasteiger partial charge in [0.2, 0.25) is 0 Å². The van der Waals surface area contributed by atoms with E-state index < -0.39 is 42.1 Å². The number of carbonyl (C=O) groups is 1. The molecule has 0 radical (unpaired) electrons. The smallest absolute Gasteiger partial charge is 0.423 e. The largest absolute Gasteiger partial charge is 0.489 e. The zero-order valence-corrected chi connectivity index (χ0v) is 12.5. The van der Waals surface area contributed by atoms with E-state index in [1.165, 1.54) is 6.92 Å². The first-order valence-electron chi connectivity index (χ1n) is 6.42. The Hall–Kier alpha value is -2.08. The monoisotopic (exact) mass is 373 g/mol. The van der Waals surface area contributed by atoms with Crippen LogP contribution in [0, 0.1) is 0 Å². The zero-order valence-electron chi connectivity index (χ0n) is 12.5. The molecule has 0 saturated heterocycles. The molecule has 0 aliphatic carbocycles. The van der Waals surface area contributed by atoms with E-state index in [1.54, 1.807) is 0 Å². The fraction of sp³-hybridized carbons (Fsp3) is 0.308. The van der Waals surface area contributed by atoms with Crippen LogP contribution in [0.5, 0.6) is 0 Å². The Morgan fingerprint density at radius 2 is 1.64 bits per heavy atom. The number of hydrogen-bond donors (Lipinski definition) is 3. The van der Waals surface area contributed by atoms with Gasteiger partial charge in [-0.3, -0.25) is 4.79 Å². The summed E-state index contributed by atoms with van der Waals surface area (Å²) in [5, 5.41) is 20.2. The Kier molecular flexibility index (Phi) is 5.60. The standard InChI is InChI=1S/C13H11BF7NO3/c1-6(2)10(23)22-7-3-4-8(9(5-7)14(24)25)11(15,16)12(17,18)13(19,20)21/h3-5,24-25H,1H2,2H3,(H,22,23). The van der Waals surface area contributed by atoms with Gasteiger partial charge >= 0.3 is 25.1 Å². The summed E-state index contributed by atoms with van der Waals surface area (Å²) in [4.78, 5) is 11.4. The minimum absolute atomic E-state index is 0.0240. The summed E-state index contributed by atoms with van der Waals surface area (Å²) in [6.07, 6.45) is -6.58. The van der Waals surface area contributed by atoms with Crippen molar-refractivity contribution in [1.82, 2.24) is 0 Å². The molecule has 25 heavy (non-hydrogen) atoms. The minimum atomic E-state index is -6.58. The van der Waals surface area contributed by atoms with Gasteiger partial charge in [-0.15, -0.1) is 0 Å². The lowest BCUT2D eigenvalue weighted by molar-refractivity contribution is -0.359. The lowest BCUT2D eigenvalue weighted by Gasteiger charge is -2.30. The molecule has 0 bridgehead atoms. The van der Waals surface area contributed by atoms with Crippen LogP contribution in [0.2, 0.25) is 0 Å². The molecule has 0 spiro atoms. The highest BCUT2D eigenvalue weighted by atomic mass is 19.4. The average Bonchev–Trinajstić information content (AvgIpc) is 2.45. The van der Waals surface area contributed by atoms with Crippen molar-refractivity contribution in [2.75, 3.05) is 5.32 Å². The Morgan fingerprint density at radius 3 is 2.04 bits per heavy atom. The van der Waals surface area contributed by atoms with Gasteiger partial charge in [0.05, 0.1) is 0 Å². The number of hydrogen-bond acceptors (Lipinski definition) is 3. The van der Waals surface area contributed by atoms with Crippen LogP contribution >= 0.6 is 0 Å². The van der Waals surface area contributed by atoms with Gasteiger partial charge in [0.1, 0.15) is 0 Å². The van der Waals surface area contributed by atoms with E-state index in [9.17, 15) is 35.5 Å². The van der Waals surface area contributed by atoms with Gasteiger partial charge in [-0.25, -0.2) is 0 Å². The van der Waals surface area contributed by atoms with Gasteiger partial charge in [-0.05, 0) is 24.5 Å². The second-order valence-corrected chi connectivity index (χ2v) is 5.06. The van der Waals surface area contributed by atoms with Crippen molar-refractivity contribution >= 4 is 24.2 Å². The third-order valence-electron chi connectivity index (χ3n) is 3.06. The van der Waals surface area contributed by atoms with Crippen LogP contribution < -0.4 is 10.8 Å². The molecule has 3 N–H and O–H groups in total. The first-order chi connectivity index (χ1) is 11.1. The Morgan fingerprint density at radius 1 is 1.12 bits per heavy atom. The SMILES string of the molecule is C=C(C)C(=O)Nc1ccc(C(F)(F)C(F)(F)C(F)(F)F)c(B(O)O)c1. The molecule has 0 aliphatic rings. The van der Waals surface area contributed by atoms with Gasteiger partial charge in [0.25, 0.3) is 5.91 Å². The molecule has 0 aromatic heterocycles. The van der Waals surface area contributed by atoms with Crippen molar-refractivity contribution < 1.29 is 45.6 Å². The first kappa shape index (κ1) is 21.0. The maximum atomic E-state index is 13.8. The third kappa shape index (κ3) is 3.95. The third-order valence-corrected chi connectivity index (χ3v) is 3.06. The van der Waals surface area contributed by atoms with E-state index in [2.05, 4.69) is 11.9 Å². The highest BCUT2D eigenvalue weighted by Crippen LogP contribution is 2.51.